The number of carboxylic acid groups (broad SMARTS) is 1. The summed E-state index contributed by atoms with van der Waals surface area (Å²) in [4.78, 5) is 22.1. The van der Waals surface area contributed by atoms with Gasteiger partial charge in [-0.15, -0.1) is 0 Å². The molecule has 3 N–H and O–H groups in total. The van der Waals surface area contributed by atoms with Gasteiger partial charge in [0.1, 0.15) is 11.6 Å². The van der Waals surface area contributed by atoms with Crippen molar-refractivity contribution in [3.8, 4) is 16.9 Å². The maximum Gasteiger partial charge on any atom is 0.290 e. The van der Waals surface area contributed by atoms with Crippen LogP contribution < -0.4 is 10.1 Å². The van der Waals surface area contributed by atoms with Crippen molar-refractivity contribution in [2.45, 2.75) is 37.3 Å². The number of halogens is 1. The molecule has 1 amide bonds. The van der Waals surface area contributed by atoms with E-state index in [1.807, 2.05) is 48.5 Å². The Morgan fingerprint density at radius 2 is 1.55 bits per heavy atom. The highest BCUT2D eigenvalue weighted by Crippen LogP contribution is 2.47. The number of benzene rings is 3. The maximum atomic E-state index is 13.8. The Labute approximate surface area is 233 Å². The number of piperidine rings is 3. The molecule has 3 heterocycles. The Hall–Kier alpha value is -3.75. The number of rotatable bonds is 8. The van der Waals surface area contributed by atoms with Crippen molar-refractivity contribution in [1.29, 1.82) is 0 Å². The van der Waals surface area contributed by atoms with Gasteiger partial charge >= 0.3 is 0 Å². The van der Waals surface area contributed by atoms with E-state index in [1.165, 1.54) is 12.1 Å². The zero-order chi connectivity index (χ0) is 28.2. The largest absolute Gasteiger partial charge is 0.494 e. The van der Waals surface area contributed by atoms with Crippen LogP contribution >= 0.6 is 0 Å². The Bertz CT molecular complexity index is 1290. The standard InChI is InChI=1S/C31H33FN2O3.CH2O2/c32-23-11-13-24(14-12-23)37-20-6-5-17-34-18-15-22(16-19-34)29(21-34)33-30(35)31(36)27-9-3-1-7-25(27)26-8-2-4-10-28(26)31;2-1-3/h1-4,7-14,22,29,36H,5-6,15-21H2;1H,(H,2,3)/p+1/t22?,29-,34?;/m0./s1. The summed E-state index contributed by atoms with van der Waals surface area (Å²) in [7, 11) is 0. The van der Waals surface area contributed by atoms with E-state index in [0.29, 0.717) is 29.4 Å². The van der Waals surface area contributed by atoms with Crippen LogP contribution in [0.3, 0.4) is 0 Å². The predicted molar refractivity (Wildman–Crippen MR) is 149 cm³/mol. The third-order valence-corrected chi connectivity index (χ3v) is 8.78. The number of nitrogens with one attached hydrogen (secondary N) is 1. The molecule has 7 rings (SSSR count). The molecule has 3 saturated heterocycles. The van der Waals surface area contributed by atoms with E-state index in [2.05, 4.69) is 5.32 Å². The molecule has 3 fully saturated rings. The summed E-state index contributed by atoms with van der Waals surface area (Å²) in [5.41, 5.74) is 1.52. The topological polar surface area (TPSA) is 95.9 Å². The molecule has 4 aliphatic rings. The molecule has 3 aromatic rings. The first kappa shape index (κ1) is 27.8. The molecule has 8 heteroatoms. The SMILES string of the molecule is O=C(N[C@H]1C[N+]2(CCCCOc3ccc(F)cc3)CCC1CC2)C1(O)c2ccccc2-c2ccccc21.O=CO. The average Bonchev–Trinajstić information content (AvgIpc) is 3.24. The van der Waals surface area contributed by atoms with Crippen molar-refractivity contribution in [3.05, 3.63) is 89.7 Å². The molecule has 1 aliphatic carbocycles. The lowest BCUT2D eigenvalue weighted by molar-refractivity contribution is -0.944. The number of carbonyl (C=O) groups is 2. The van der Waals surface area contributed by atoms with Gasteiger partial charge in [0, 0.05) is 24.0 Å². The number of fused-ring (bicyclic) bond motifs is 6. The van der Waals surface area contributed by atoms with Crippen LogP contribution in [-0.4, -0.2) is 65.9 Å². The molecule has 0 aromatic heterocycles. The Morgan fingerprint density at radius 3 is 2.15 bits per heavy atom. The van der Waals surface area contributed by atoms with Gasteiger partial charge in [-0.05, 0) is 54.2 Å². The summed E-state index contributed by atoms with van der Waals surface area (Å²) in [6.45, 7) is 4.62. The van der Waals surface area contributed by atoms with E-state index in [0.717, 1.165) is 67.5 Å². The van der Waals surface area contributed by atoms with Gasteiger partial charge in [0.2, 0.25) is 0 Å². The van der Waals surface area contributed by atoms with Gasteiger partial charge < -0.3 is 24.7 Å². The molecule has 0 saturated carbocycles. The van der Waals surface area contributed by atoms with E-state index in [4.69, 9.17) is 14.6 Å². The zero-order valence-electron chi connectivity index (χ0n) is 22.5. The fraction of sp³-hybridized carbons (Fsp3) is 0.375. The minimum atomic E-state index is -1.66. The summed E-state index contributed by atoms with van der Waals surface area (Å²) in [6.07, 6.45) is 4.17. The van der Waals surface area contributed by atoms with Crippen molar-refractivity contribution < 1.29 is 33.4 Å². The molecule has 40 heavy (non-hydrogen) atoms. The fourth-order valence-corrected chi connectivity index (χ4v) is 6.76. The second-order valence-electron chi connectivity index (χ2n) is 11.0. The van der Waals surface area contributed by atoms with Gasteiger partial charge in [-0.2, -0.15) is 0 Å². The number of hydrogen-bond acceptors (Lipinski definition) is 4. The summed E-state index contributed by atoms with van der Waals surface area (Å²) in [5.74, 6) is 0.588. The molecule has 1 atom stereocenters. The monoisotopic (exact) mass is 547 g/mol. The number of aliphatic hydroxyl groups is 1. The average molecular weight is 548 g/mol. The highest BCUT2D eigenvalue weighted by molar-refractivity contribution is 5.98. The molecule has 2 bridgehead atoms. The van der Waals surface area contributed by atoms with Crippen LogP contribution in [-0.2, 0) is 15.2 Å². The predicted octanol–water partition coefficient (Wildman–Crippen LogP) is 4.33. The third kappa shape index (κ3) is 5.33. The lowest BCUT2D eigenvalue weighted by Crippen LogP contribution is -2.68. The van der Waals surface area contributed by atoms with Crippen LogP contribution in [0.2, 0.25) is 0 Å². The van der Waals surface area contributed by atoms with E-state index in [9.17, 15) is 14.3 Å². The van der Waals surface area contributed by atoms with Gasteiger partial charge in [-0.1, -0.05) is 48.5 Å². The van der Waals surface area contributed by atoms with E-state index >= 15 is 0 Å². The van der Waals surface area contributed by atoms with Crippen molar-refractivity contribution in [1.82, 2.24) is 5.32 Å². The molecule has 3 aromatic carbocycles. The Morgan fingerprint density at radius 1 is 0.975 bits per heavy atom. The second kappa shape index (κ2) is 11.8. The van der Waals surface area contributed by atoms with Crippen LogP contribution in [0.4, 0.5) is 4.39 Å². The highest BCUT2D eigenvalue weighted by Gasteiger charge is 2.51. The quantitative estimate of drug-likeness (QED) is 0.222. The molecule has 0 unspecified atom stereocenters. The lowest BCUT2D eigenvalue weighted by atomic mass is 9.80. The Kier molecular flexibility index (Phi) is 8.19. The first-order valence-corrected chi connectivity index (χ1v) is 13.9. The highest BCUT2D eigenvalue weighted by atomic mass is 19.1. The summed E-state index contributed by atoms with van der Waals surface area (Å²) < 4.78 is 19.9. The number of carbonyl (C=O) groups excluding carboxylic acids is 1. The normalized spacial score (nSPS) is 23.2. The Balaban J connectivity index is 0.00000103. The summed E-state index contributed by atoms with van der Waals surface area (Å²) in [5, 5.41) is 22.1. The van der Waals surface area contributed by atoms with Crippen LogP contribution in [0, 0.1) is 11.7 Å². The number of quaternary nitrogens is 1. The maximum absolute atomic E-state index is 13.8. The lowest BCUT2D eigenvalue weighted by Gasteiger charge is -2.53. The molecule has 3 aliphatic heterocycles. The molecular weight excluding hydrogens is 511 g/mol. The van der Waals surface area contributed by atoms with Gasteiger partial charge in [0.15, 0.2) is 5.60 Å². The molecule has 0 spiro atoms. The number of nitrogens with zero attached hydrogens (tertiary/aromatic N) is 1. The number of hydrogen-bond donors (Lipinski definition) is 3. The number of ether oxygens (including phenoxy) is 1. The van der Waals surface area contributed by atoms with E-state index in [-0.39, 0.29) is 24.2 Å². The molecule has 210 valence electrons. The van der Waals surface area contributed by atoms with E-state index < -0.39 is 5.60 Å². The summed E-state index contributed by atoms with van der Waals surface area (Å²) in [6, 6.07) is 21.6. The molecular formula is C32H36FN2O5+. The first-order valence-electron chi connectivity index (χ1n) is 13.9. The fourth-order valence-electron chi connectivity index (χ4n) is 6.76. The third-order valence-electron chi connectivity index (χ3n) is 8.78. The van der Waals surface area contributed by atoms with Gasteiger partial charge in [-0.3, -0.25) is 9.59 Å². The van der Waals surface area contributed by atoms with Crippen LogP contribution in [0.25, 0.3) is 11.1 Å². The van der Waals surface area contributed by atoms with Crippen molar-refractivity contribution in [2.75, 3.05) is 32.8 Å². The smallest absolute Gasteiger partial charge is 0.290 e. The van der Waals surface area contributed by atoms with Gasteiger partial charge in [-0.25, -0.2) is 4.39 Å². The van der Waals surface area contributed by atoms with Crippen LogP contribution in [0.1, 0.15) is 36.8 Å². The second-order valence-corrected chi connectivity index (χ2v) is 11.0. The van der Waals surface area contributed by atoms with Crippen molar-refractivity contribution >= 4 is 12.4 Å². The van der Waals surface area contributed by atoms with Crippen molar-refractivity contribution in [3.63, 3.8) is 0 Å². The van der Waals surface area contributed by atoms with E-state index in [1.54, 1.807) is 12.1 Å². The summed E-state index contributed by atoms with van der Waals surface area (Å²) >= 11 is 0. The minimum Gasteiger partial charge on any atom is -0.494 e. The first-order chi connectivity index (χ1) is 19.4. The molecule has 7 nitrogen and oxygen atoms in total. The minimum absolute atomic E-state index is 0.0643. The van der Waals surface area contributed by atoms with Crippen molar-refractivity contribution in [2.24, 2.45) is 5.92 Å². The van der Waals surface area contributed by atoms with Crippen LogP contribution in [0.5, 0.6) is 5.75 Å². The van der Waals surface area contributed by atoms with Gasteiger partial charge in [0.05, 0.1) is 38.8 Å². The molecule has 0 radical (unpaired) electrons. The number of amides is 1. The zero-order valence-corrected chi connectivity index (χ0v) is 22.5. The van der Waals surface area contributed by atoms with Gasteiger partial charge in [0.25, 0.3) is 12.4 Å². The number of unbranched alkanes of at least 4 members (excludes halogenated alkanes) is 1. The van der Waals surface area contributed by atoms with Crippen LogP contribution in [0.15, 0.2) is 72.8 Å².